The Morgan fingerprint density at radius 1 is 1.19 bits per heavy atom. The number of nitrogens with one attached hydrogen (secondary N) is 1. The number of aliphatic hydroxyl groups excluding tert-OH is 3. The number of amides is 1. The largest absolute Gasteiger partial charge is 0.388 e. The Balaban J connectivity index is 1.97. The number of ether oxygens (including phenoxy) is 2. The molecule has 1 aliphatic heterocycles. The van der Waals surface area contributed by atoms with Crippen molar-refractivity contribution in [2.75, 3.05) is 13.1 Å². The first-order chi connectivity index (χ1) is 12.8. The molecule has 0 aromatic heterocycles. The zero-order valence-electron chi connectivity index (χ0n) is 15.3. The van der Waals surface area contributed by atoms with Gasteiger partial charge >= 0.3 is 0 Å². The molecule has 0 spiro atoms. The number of aliphatic hydroxyl groups is 3. The first-order valence-corrected chi connectivity index (χ1v) is 9.35. The molecule has 0 radical (unpaired) electrons. The van der Waals surface area contributed by atoms with Gasteiger partial charge in [0, 0.05) is 12.6 Å². The molecule has 0 unspecified atom stereocenters. The molecule has 0 aromatic rings. The van der Waals surface area contributed by atoms with E-state index in [0.29, 0.717) is 13.0 Å². The van der Waals surface area contributed by atoms with Crippen LogP contribution in [-0.2, 0) is 14.3 Å². The lowest BCUT2D eigenvalue weighted by Crippen LogP contribution is -2.65. The number of carbonyl (C=O) groups excluding carboxylic acids is 1. The normalized spacial score (nSPS) is 41.1. The van der Waals surface area contributed by atoms with Crippen LogP contribution in [0.15, 0.2) is 0 Å². The first-order valence-electron chi connectivity index (χ1n) is 9.35. The lowest BCUT2D eigenvalue weighted by atomic mass is 9.84. The molecule has 1 amide bonds. The van der Waals surface area contributed by atoms with Crippen molar-refractivity contribution < 1.29 is 29.6 Å². The van der Waals surface area contributed by atoms with Gasteiger partial charge < -0.3 is 53.0 Å². The summed E-state index contributed by atoms with van der Waals surface area (Å²) in [7, 11) is 0. The van der Waals surface area contributed by atoms with E-state index >= 15 is 0 Å². The van der Waals surface area contributed by atoms with E-state index in [4.69, 9.17) is 32.4 Å². The molecule has 12 N–H and O–H groups in total. The lowest BCUT2D eigenvalue weighted by molar-refractivity contribution is -0.252. The van der Waals surface area contributed by atoms with Crippen molar-refractivity contribution in [3.05, 3.63) is 0 Å². The van der Waals surface area contributed by atoms with Gasteiger partial charge in [-0.25, -0.2) is 0 Å². The van der Waals surface area contributed by atoms with Gasteiger partial charge in [-0.2, -0.15) is 0 Å². The second kappa shape index (κ2) is 10.0. The highest BCUT2D eigenvalue weighted by Crippen LogP contribution is 2.27. The molecule has 11 nitrogen and oxygen atoms in total. The van der Waals surface area contributed by atoms with Crippen molar-refractivity contribution in [1.29, 1.82) is 0 Å². The number of hydrogen-bond donors (Lipinski definition) is 8. The molecule has 0 bridgehead atoms. The lowest BCUT2D eigenvalue weighted by Gasteiger charge is -2.44. The maximum atomic E-state index is 11.9. The van der Waals surface area contributed by atoms with Gasteiger partial charge in [-0.15, -0.1) is 0 Å². The summed E-state index contributed by atoms with van der Waals surface area (Å²) in [6, 6.07) is -1.91. The minimum atomic E-state index is -1.36. The van der Waals surface area contributed by atoms with Crippen LogP contribution >= 0.6 is 0 Å². The highest BCUT2D eigenvalue weighted by atomic mass is 16.7. The molecule has 158 valence electrons. The minimum absolute atomic E-state index is 0.0915. The molecule has 1 saturated carbocycles. The van der Waals surface area contributed by atoms with Crippen LogP contribution in [0.25, 0.3) is 0 Å². The topological polar surface area (TPSA) is 212 Å². The number of carbonyl (C=O) groups is 1. The van der Waals surface area contributed by atoms with E-state index in [1.165, 1.54) is 0 Å². The molecule has 2 fully saturated rings. The average molecular weight is 391 g/mol. The summed E-state index contributed by atoms with van der Waals surface area (Å²) >= 11 is 0. The summed E-state index contributed by atoms with van der Waals surface area (Å²) in [5.74, 6) is -0.674. The highest BCUT2D eigenvalue weighted by Gasteiger charge is 2.45. The van der Waals surface area contributed by atoms with Gasteiger partial charge in [0.1, 0.15) is 24.4 Å². The number of rotatable bonds is 7. The van der Waals surface area contributed by atoms with Crippen molar-refractivity contribution in [2.45, 2.75) is 80.6 Å². The maximum Gasteiger partial charge on any atom is 0.249 e. The zero-order valence-corrected chi connectivity index (χ0v) is 15.3. The van der Waals surface area contributed by atoms with E-state index in [1.807, 2.05) is 0 Å². The molecule has 2 aliphatic rings. The third kappa shape index (κ3) is 5.56. The van der Waals surface area contributed by atoms with E-state index in [-0.39, 0.29) is 25.5 Å². The monoisotopic (exact) mass is 391 g/mol. The Kier molecular flexibility index (Phi) is 8.34. The van der Waals surface area contributed by atoms with Crippen LogP contribution in [0, 0.1) is 0 Å². The minimum Gasteiger partial charge on any atom is -0.388 e. The van der Waals surface area contributed by atoms with E-state index < -0.39 is 54.7 Å². The fourth-order valence-electron chi connectivity index (χ4n) is 3.48. The Labute approximate surface area is 158 Å². The van der Waals surface area contributed by atoms with Gasteiger partial charge in [-0.05, 0) is 32.2 Å². The summed E-state index contributed by atoms with van der Waals surface area (Å²) in [6.45, 7) is 0.471. The van der Waals surface area contributed by atoms with Crippen LogP contribution in [0.1, 0.15) is 25.7 Å². The van der Waals surface area contributed by atoms with Crippen LogP contribution in [0.5, 0.6) is 0 Å². The average Bonchev–Trinajstić information content (AvgIpc) is 2.64. The van der Waals surface area contributed by atoms with Gasteiger partial charge in [-0.3, -0.25) is 4.79 Å². The second-order valence-corrected chi connectivity index (χ2v) is 7.29. The fourth-order valence-corrected chi connectivity index (χ4v) is 3.48. The predicted molar refractivity (Wildman–Crippen MR) is 96.0 cm³/mol. The van der Waals surface area contributed by atoms with E-state index in [9.17, 15) is 20.1 Å². The first kappa shape index (κ1) is 22.4. The molecule has 2 rings (SSSR count). The predicted octanol–water partition coefficient (Wildman–Crippen LogP) is -4.19. The van der Waals surface area contributed by atoms with Crippen molar-refractivity contribution in [2.24, 2.45) is 22.9 Å². The van der Waals surface area contributed by atoms with E-state index in [1.54, 1.807) is 0 Å². The van der Waals surface area contributed by atoms with Gasteiger partial charge in [0.25, 0.3) is 0 Å². The van der Waals surface area contributed by atoms with Crippen molar-refractivity contribution in [1.82, 2.24) is 5.32 Å². The van der Waals surface area contributed by atoms with Crippen LogP contribution < -0.4 is 28.3 Å². The van der Waals surface area contributed by atoms with Crippen molar-refractivity contribution >= 4 is 5.91 Å². The van der Waals surface area contributed by atoms with Crippen LogP contribution in [0.3, 0.4) is 0 Å². The van der Waals surface area contributed by atoms with Gasteiger partial charge in [0.05, 0.1) is 18.2 Å². The van der Waals surface area contributed by atoms with Crippen LogP contribution in [0.4, 0.5) is 0 Å². The highest BCUT2D eigenvalue weighted by molar-refractivity contribution is 5.80. The van der Waals surface area contributed by atoms with Crippen molar-refractivity contribution in [3.8, 4) is 0 Å². The molecule has 1 saturated heterocycles. The molecule has 0 aromatic carbocycles. The Morgan fingerprint density at radius 3 is 2.52 bits per heavy atom. The summed E-state index contributed by atoms with van der Waals surface area (Å²) < 4.78 is 11.5. The quantitative estimate of drug-likeness (QED) is 0.209. The molecule has 9 atom stereocenters. The molecule has 1 aliphatic carbocycles. The summed E-state index contributed by atoms with van der Waals surface area (Å²) in [5.41, 5.74) is 23.1. The zero-order chi connectivity index (χ0) is 20.1. The van der Waals surface area contributed by atoms with Crippen LogP contribution in [0.2, 0.25) is 0 Å². The van der Waals surface area contributed by atoms with E-state index in [0.717, 1.165) is 6.42 Å². The SMILES string of the molecule is NCC[C@H](O)C(=O)N[C@@H]1C[C@H](N)[C@@H](O[C@H]2O[C@H](CN)CC[C@H]2N)[C@H](O)[C@H]1O. The molecule has 1 heterocycles. The molecule has 11 heteroatoms. The third-order valence-electron chi connectivity index (χ3n) is 5.17. The molecular formula is C16H33N5O6. The summed E-state index contributed by atoms with van der Waals surface area (Å²) in [6.07, 6.45) is -4.26. The van der Waals surface area contributed by atoms with Crippen molar-refractivity contribution in [3.63, 3.8) is 0 Å². The standard InChI is InChI=1S/C16H33N5O6/c17-4-3-11(22)15(25)21-10-5-9(20)14(13(24)12(10)23)27-16-8(19)2-1-7(6-18)26-16/h7-14,16,22-24H,1-6,17-20H2,(H,21,25)/t7-,8+,9-,10+,11-,12-,13+,14+,16+/m0/s1. The third-order valence-corrected chi connectivity index (χ3v) is 5.17. The number of hydrogen-bond acceptors (Lipinski definition) is 10. The number of nitrogens with two attached hydrogens (primary N) is 4. The summed E-state index contributed by atoms with van der Waals surface area (Å²) in [5, 5.41) is 33.0. The van der Waals surface area contributed by atoms with E-state index in [2.05, 4.69) is 5.32 Å². The fraction of sp³-hybridized carbons (Fsp3) is 0.938. The molecular weight excluding hydrogens is 358 g/mol. The Morgan fingerprint density at radius 2 is 1.89 bits per heavy atom. The molecule has 27 heavy (non-hydrogen) atoms. The second-order valence-electron chi connectivity index (χ2n) is 7.29. The van der Waals surface area contributed by atoms with Gasteiger partial charge in [-0.1, -0.05) is 0 Å². The Bertz CT molecular complexity index is 486. The van der Waals surface area contributed by atoms with Crippen LogP contribution in [-0.4, -0.2) is 89.3 Å². The maximum absolute atomic E-state index is 11.9. The summed E-state index contributed by atoms with van der Waals surface area (Å²) in [4.78, 5) is 11.9. The Hall–Kier alpha value is -0.890. The van der Waals surface area contributed by atoms with Gasteiger partial charge in [0.2, 0.25) is 5.91 Å². The smallest absolute Gasteiger partial charge is 0.249 e. The van der Waals surface area contributed by atoms with Gasteiger partial charge in [0.15, 0.2) is 6.29 Å².